The number of rotatable bonds is 11. The molecule has 2 heterocycles. The molecule has 1 aromatic heterocycles. The number of thioether (sulfide) groups is 1. The molecule has 1 aromatic rings. The molecule has 0 bridgehead atoms. The van der Waals surface area contributed by atoms with Gasteiger partial charge in [-0.25, -0.2) is 4.98 Å². The summed E-state index contributed by atoms with van der Waals surface area (Å²) in [6.45, 7) is 5.13. The number of aliphatic imine (C=N–C) groups is 1. The Morgan fingerprint density at radius 1 is 1.46 bits per heavy atom. The van der Waals surface area contributed by atoms with Crippen molar-refractivity contribution in [2.75, 3.05) is 52.3 Å². The standard InChI is InChI=1S/C16H28N4O2S2/c1-17-15(19-6-3-10-23-16-20-7-11-24-16)18-5-2-8-21-12-14-4-9-22-13-14/h7,11,14H,2-6,8-10,12-13H2,1H3,(H2,17,18,19). The second kappa shape index (κ2) is 12.5. The Kier molecular flexibility index (Phi) is 10.2. The summed E-state index contributed by atoms with van der Waals surface area (Å²) in [5, 5.41) is 8.67. The average molecular weight is 373 g/mol. The zero-order valence-corrected chi connectivity index (χ0v) is 16.0. The van der Waals surface area contributed by atoms with Gasteiger partial charge in [0.1, 0.15) is 4.34 Å². The van der Waals surface area contributed by atoms with Gasteiger partial charge in [-0.05, 0) is 19.3 Å². The summed E-state index contributed by atoms with van der Waals surface area (Å²) in [5.41, 5.74) is 0. The fraction of sp³-hybridized carbons (Fsp3) is 0.750. The zero-order chi connectivity index (χ0) is 16.9. The van der Waals surface area contributed by atoms with E-state index in [2.05, 4.69) is 20.6 Å². The van der Waals surface area contributed by atoms with Gasteiger partial charge in [0.15, 0.2) is 5.96 Å². The van der Waals surface area contributed by atoms with Crippen LogP contribution in [0.1, 0.15) is 19.3 Å². The van der Waals surface area contributed by atoms with Crippen LogP contribution in [0, 0.1) is 5.92 Å². The lowest BCUT2D eigenvalue weighted by molar-refractivity contribution is 0.0888. The fourth-order valence-corrected chi connectivity index (χ4v) is 3.93. The zero-order valence-electron chi connectivity index (χ0n) is 14.3. The van der Waals surface area contributed by atoms with Gasteiger partial charge >= 0.3 is 0 Å². The SMILES string of the molecule is CN=C(NCCCOCC1CCOC1)NCCCSc1nccs1. The molecule has 1 saturated heterocycles. The quantitative estimate of drug-likeness (QED) is 0.269. The maximum Gasteiger partial charge on any atom is 0.190 e. The smallest absolute Gasteiger partial charge is 0.190 e. The van der Waals surface area contributed by atoms with Crippen molar-refractivity contribution in [3.63, 3.8) is 0 Å². The molecule has 24 heavy (non-hydrogen) atoms. The van der Waals surface area contributed by atoms with Gasteiger partial charge in [0, 0.05) is 56.6 Å². The first kappa shape index (κ1) is 19.5. The minimum Gasteiger partial charge on any atom is -0.381 e. The third kappa shape index (κ3) is 8.32. The van der Waals surface area contributed by atoms with E-state index in [1.807, 2.05) is 11.6 Å². The number of ether oxygens (including phenoxy) is 2. The number of aromatic nitrogens is 1. The average Bonchev–Trinajstić information content (AvgIpc) is 3.29. The van der Waals surface area contributed by atoms with Crippen LogP contribution in [-0.2, 0) is 9.47 Å². The lowest BCUT2D eigenvalue weighted by atomic mass is 10.1. The van der Waals surface area contributed by atoms with E-state index in [1.165, 1.54) is 0 Å². The molecule has 0 aliphatic carbocycles. The van der Waals surface area contributed by atoms with Crippen LogP contribution in [0.3, 0.4) is 0 Å². The van der Waals surface area contributed by atoms with Crippen LogP contribution in [0.15, 0.2) is 20.9 Å². The maximum absolute atomic E-state index is 5.69. The van der Waals surface area contributed by atoms with Crippen LogP contribution in [0.5, 0.6) is 0 Å². The highest BCUT2D eigenvalue weighted by Gasteiger charge is 2.15. The molecule has 1 aliphatic heterocycles. The van der Waals surface area contributed by atoms with Gasteiger partial charge in [-0.1, -0.05) is 11.8 Å². The molecule has 0 radical (unpaired) electrons. The van der Waals surface area contributed by atoms with E-state index in [4.69, 9.17) is 9.47 Å². The van der Waals surface area contributed by atoms with E-state index in [1.54, 1.807) is 30.1 Å². The van der Waals surface area contributed by atoms with Crippen molar-refractivity contribution in [3.8, 4) is 0 Å². The Balaban J connectivity index is 1.40. The van der Waals surface area contributed by atoms with E-state index in [9.17, 15) is 0 Å². The number of nitrogens with zero attached hydrogens (tertiary/aromatic N) is 2. The lowest BCUT2D eigenvalue weighted by Gasteiger charge is -2.12. The lowest BCUT2D eigenvalue weighted by Crippen LogP contribution is -2.38. The molecular formula is C16H28N4O2S2. The number of thiazole rings is 1. The normalized spacial score (nSPS) is 18.0. The molecule has 2 rings (SSSR count). The van der Waals surface area contributed by atoms with Gasteiger partial charge in [-0.2, -0.15) is 0 Å². The largest absolute Gasteiger partial charge is 0.381 e. The molecule has 2 N–H and O–H groups in total. The van der Waals surface area contributed by atoms with Crippen LogP contribution < -0.4 is 10.6 Å². The summed E-state index contributed by atoms with van der Waals surface area (Å²) in [6, 6.07) is 0. The van der Waals surface area contributed by atoms with E-state index < -0.39 is 0 Å². The summed E-state index contributed by atoms with van der Waals surface area (Å²) in [7, 11) is 1.80. The number of guanidine groups is 1. The minimum atomic E-state index is 0.592. The van der Waals surface area contributed by atoms with Crippen LogP contribution >= 0.6 is 23.1 Å². The van der Waals surface area contributed by atoms with Gasteiger partial charge < -0.3 is 20.1 Å². The van der Waals surface area contributed by atoms with Gasteiger partial charge in [0.05, 0.1) is 13.2 Å². The van der Waals surface area contributed by atoms with Crippen molar-refractivity contribution < 1.29 is 9.47 Å². The molecule has 6 nitrogen and oxygen atoms in total. The van der Waals surface area contributed by atoms with E-state index in [0.717, 1.165) is 74.8 Å². The minimum absolute atomic E-state index is 0.592. The van der Waals surface area contributed by atoms with Gasteiger partial charge in [0.25, 0.3) is 0 Å². The van der Waals surface area contributed by atoms with E-state index >= 15 is 0 Å². The Morgan fingerprint density at radius 2 is 2.33 bits per heavy atom. The van der Waals surface area contributed by atoms with Crippen molar-refractivity contribution in [2.45, 2.75) is 23.6 Å². The maximum atomic E-state index is 5.69. The van der Waals surface area contributed by atoms with Crippen LogP contribution in [-0.4, -0.2) is 63.3 Å². The third-order valence-electron chi connectivity index (χ3n) is 3.61. The van der Waals surface area contributed by atoms with Gasteiger partial charge in [-0.3, -0.25) is 4.99 Å². The Morgan fingerprint density at radius 3 is 3.04 bits per heavy atom. The summed E-state index contributed by atoms with van der Waals surface area (Å²) in [4.78, 5) is 8.50. The Bertz CT molecular complexity index is 451. The molecular weight excluding hydrogens is 344 g/mol. The van der Waals surface area contributed by atoms with Crippen LogP contribution in [0.4, 0.5) is 0 Å². The summed E-state index contributed by atoms with van der Waals surface area (Å²) in [6.07, 6.45) is 5.05. The molecule has 1 unspecified atom stereocenters. The molecule has 136 valence electrons. The molecule has 8 heteroatoms. The van der Waals surface area contributed by atoms with Crippen molar-refractivity contribution in [1.29, 1.82) is 0 Å². The number of hydrogen-bond donors (Lipinski definition) is 2. The van der Waals surface area contributed by atoms with Crippen molar-refractivity contribution in [2.24, 2.45) is 10.9 Å². The molecule has 0 saturated carbocycles. The van der Waals surface area contributed by atoms with Crippen molar-refractivity contribution in [1.82, 2.24) is 15.6 Å². The summed E-state index contributed by atoms with van der Waals surface area (Å²) >= 11 is 3.50. The predicted octanol–water partition coefficient (Wildman–Crippen LogP) is 2.23. The van der Waals surface area contributed by atoms with E-state index in [0.29, 0.717) is 5.92 Å². The fourth-order valence-electron chi connectivity index (χ4n) is 2.29. The first-order chi connectivity index (χ1) is 11.9. The third-order valence-corrected chi connectivity index (χ3v) is 5.66. The number of hydrogen-bond acceptors (Lipinski definition) is 6. The van der Waals surface area contributed by atoms with Crippen LogP contribution in [0.2, 0.25) is 0 Å². The molecule has 0 aromatic carbocycles. The number of nitrogens with one attached hydrogen (secondary N) is 2. The first-order valence-corrected chi connectivity index (χ1v) is 10.4. The Labute approximate surface area is 152 Å². The first-order valence-electron chi connectivity index (χ1n) is 8.51. The van der Waals surface area contributed by atoms with Gasteiger partial charge in [-0.15, -0.1) is 11.3 Å². The monoisotopic (exact) mass is 372 g/mol. The molecule has 0 amide bonds. The highest BCUT2D eigenvalue weighted by molar-refractivity contribution is 8.00. The molecule has 1 atom stereocenters. The molecule has 0 spiro atoms. The van der Waals surface area contributed by atoms with Crippen LogP contribution in [0.25, 0.3) is 0 Å². The summed E-state index contributed by atoms with van der Waals surface area (Å²) < 4.78 is 12.2. The van der Waals surface area contributed by atoms with Crippen molar-refractivity contribution >= 4 is 29.1 Å². The van der Waals surface area contributed by atoms with Crippen molar-refractivity contribution in [3.05, 3.63) is 11.6 Å². The predicted molar refractivity (Wildman–Crippen MR) is 101 cm³/mol. The Hall–Kier alpha value is -0.830. The van der Waals surface area contributed by atoms with Gasteiger partial charge in [0.2, 0.25) is 0 Å². The summed E-state index contributed by atoms with van der Waals surface area (Å²) in [5.74, 6) is 2.52. The highest BCUT2D eigenvalue weighted by Crippen LogP contribution is 2.20. The topological polar surface area (TPSA) is 67.8 Å². The van der Waals surface area contributed by atoms with E-state index in [-0.39, 0.29) is 0 Å². The molecule has 1 fully saturated rings. The highest BCUT2D eigenvalue weighted by atomic mass is 32.2. The second-order valence-electron chi connectivity index (χ2n) is 5.58. The molecule has 1 aliphatic rings. The second-order valence-corrected chi connectivity index (χ2v) is 7.82.